The first-order valence-corrected chi connectivity index (χ1v) is 22.9. The molecule has 5 aromatic carbocycles. The Hall–Kier alpha value is -3.21. The van der Waals surface area contributed by atoms with Gasteiger partial charge in [-0.05, 0) is 30.3 Å². The number of phenols is 2. The number of fused-ring (bicyclic) bond motifs is 8. The molecule has 3 aliphatic heterocycles. The Labute approximate surface area is 391 Å². The van der Waals surface area contributed by atoms with Gasteiger partial charge in [0.05, 0.1) is 5.56 Å². The van der Waals surface area contributed by atoms with Gasteiger partial charge in [0, 0.05) is 28.8 Å². The summed E-state index contributed by atoms with van der Waals surface area (Å²) in [4.78, 5) is 36.4. The van der Waals surface area contributed by atoms with Crippen LogP contribution in [-0.2, 0) is 35.4 Å². The zero-order chi connectivity index (χ0) is 38.1. The Morgan fingerprint density at radius 3 is 1.96 bits per heavy atom. The van der Waals surface area contributed by atoms with Crippen molar-refractivity contribution in [3.63, 3.8) is 0 Å². The van der Waals surface area contributed by atoms with E-state index in [9.17, 15) is 37.8 Å². The van der Waals surface area contributed by atoms with E-state index in [1.54, 1.807) is 54.6 Å². The maximum absolute atomic E-state index is 12.5. The van der Waals surface area contributed by atoms with Gasteiger partial charge >= 0.3 is 260 Å². The molecule has 16 heteroatoms. The number of esters is 1. The van der Waals surface area contributed by atoms with Crippen LogP contribution in [0, 0.1) is 0 Å². The first-order chi connectivity index (χ1) is 25.9. The second kappa shape index (κ2) is 16.6. The first-order valence-electron chi connectivity index (χ1n) is 16.1. The molecule has 0 unspecified atom stereocenters. The van der Waals surface area contributed by atoms with Crippen LogP contribution in [0.15, 0.2) is 121 Å². The molecule has 264 valence electrons. The number of carbonyl (C=O) groups is 2. The number of aromatic hydroxyl groups is 2. The summed E-state index contributed by atoms with van der Waals surface area (Å²) in [7, 11) is 0. The molecule has 5 aromatic rings. The smallest absolute Gasteiger partial charge is 0.508 e. The van der Waals surface area contributed by atoms with E-state index < -0.39 is 42.6 Å². The minimum atomic E-state index is -2.75. The van der Waals surface area contributed by atoms with Crippen molar-refractivity contribution in [2.24, 2.45) is 0 Å². The average Bonchev–Trinajstić information content (AvgIpc) is 3.44. The summed E-state index contributed by atoms with van der Waals surface area (Å²) >= 11 is 3.71. The van der Waals surface area contributed by atoms with Gasteiger partial charge in [-0.2, -0.15) is 0 Å². The van der Waals surface area contributed by atoms with Crippen molar-refractivity contribution in [1.29, 1.82) is 0 Å². The van der Waals surface area contributed by atoms with E-state index in [-0.39, 0.29) is 111 Å². The quantitative estimate of drug-likeness (QED) is 0.121. The topological polar surface area (TPSA) is 190 Å². The Morgan fingerprint density at radius 1 is 0.732 bits per heavy atom. The van der Waals surface area contributed by atoms with Gasteiger partial charge in [0.15, 0.2) is 5.60 Å². The number of halogens is 2. The monoisotopic (exact) mass is 1080 g/mol. The third-order valence-corrected chi connectivity index (χ3v) is 14.3. The van der Waals surface area contributed by atoms with E-state index in [2.05, 4.69) is 31.9 Å². The van der Waals surface area contributed by atoms with Crippen LogP contribution < -0.4 is 82.6 Å². The number of benzene rings is 6. The third kappa shape index (κ3) is 7.03. The van der Waals surface area contributed by atoms with Crippen molar-refractivity contribution in [3.05, 3.63) is 150 Å². The van der Waals surface area contributed by atoms with Gasteiger partial charge in [-0.3, -0.25) is 0 Å². The van der Waals surface area contributed by atoms with E-state index in [1.807, 2.05) is 12.1 Å². The van der Waals surface area contributed by atoms with Gasteiger partial charge in [0.1, 0.15) is 23.0 Å². The summed E-state index contributed by atoms with van der Waals surface area (Å²) in [5.74, 6) is -1.11. The second-order valence-corrected chi connectivity index (χ2v) is 18.1. The molecule has 56 heavy (non-hydrogen) atoms. The first kappa shape index (κ1) is 42.4. The molecule has 0 saturated carbocycles. The Bertz CT molecular complexity index is 2720. The molecule has 3 heterocycles. The molecule has 3 N–H and O–H groups in total. The summed E-state index contributed by atoms with van der Waals surface area (Å²) < 4.78 is 28.4. The van der Waals surface area contributed by atoms with Crippen LogP contribution in [0.3, 0.4) is 0 Å². The number of hydrogen-bond donors (Lipinski definition) is 3. The second-order valence-electron chi connectivity index (χ2n) is 12.4. The Morgan fingerprint density at radius 2 is 1.34 bits per heavy atom. The van der Waals surface area contributed by atoms with Crippen molar-refractivity contribution in [2.45, 2.75) is 5.60 Å². The zero-order valence-corrected chi connectivity index (χ0v) is 42.1. The van der Waals surface area contributed by atoms with E-state index >= 15 is 0 Å². The maximum atomic E-state index is 12.5. The predicted octanol–water partition coefficient (Wildman–Crippen LogP) is -0.184. The van der Waals surface area contributed by atoms with E-state index in [0.717, 1.165) is 0 Å². The molecule has 0 saturated heterocycles. The van der Waals surface area contributed by atoms with Gasteiger partial charge in [-0.1, -0.05) is 18.2 Å². The van der Waals surface area contributed by atoms with Crippen LogP contribution >= 0.6 is 31.9 Å². The molecule has 0 radical (unpaired) electrons. The fourth-order valence-corrected chi connectivity index (χ4v) is 11.7. The molecule has 0 atom stereocenters. The van der Waals surface area contributed by atoms with E-state index in [0.29, 0.717) is 55.8 Å². The van der Waals surface area contributed by atoms with Crippen LogP contribution in [0.2, 0.25) is 0 Å². The van der Waals surface area contributed by atoms with Gasteiger partial charge < -0.3 is 19.7 Å². The standard InChI is InChI=1S/C20H9Br2O5.C20H12O5.Hg.2Na.H2O/c21-13-5-11-17(7-15(13)23)27-18-8-16(24)14(22)6-12(18)19(11)9-3-1-2-4-10(9)20(25)26;21-11-5-7-15-17(9-11)24-18-10-12(22)6-8-16(18)20(15)14-4-2-1-3-13(14)19(23)25-20;;;;/h1-7,24H,(H,25,26);1-10,21-22H;;;;1H2/q;;3*+1;/p-3. The molecule has 0 aromatic heterocycles. The fraction of sp³-hybridized carbons (Fsp3) is 0.0250. The number of aromatic carboxylic acids is 1. The molecule has 0 fully saturated rings. The van der Waals surface area contributed by atoms with Crippen LogP contribution in [0.4, 0.5) is 0 Å². The molecule has 0 amide bonds. The van der Waals surface area contributed by atoms with Crippen LogP contribution in [-0.4, -0.2) is 25.2 Å². The number of carboxylic acids is 1. The molecule has 4 aliphatic rings. The summed E-state index contributed by atoms with van der Waals surface area (Å²) in [6.45, 7) is 0. The summed E-state index contributed by atoms with van der Waals surface area (Å²) in [5.41, 5.74) is 2.42. The largest absolute Gasteiger partial charge is 1.00 e. The maximum Gasteiger partial charge on any atom is 1.00 e. The van der Waals surface area contributed by atoms with Gasteiger partial charge in [-0.15, -0.1) is 0 Å². The molecule has 1 aliphatic carbocycles. The van der Waals surface area contributed by atoms with Crippen molar-refractivity contribution in [3.8, 4) is 51.2 Å². The molecule has 0 bridgehead atoms. The zero-order valence-electron chi connectivity index (χ0n) is 29.4. The van der Waals surface area contributed by atoms with Crippen molar-refractivity contribution >= 4 is 57.8 Å². The van der Waals surface area contributed by atoms with Gasteiger partial charge in [0.2, 0.25) is 0 Å². The summed E-state index contributed by atoms with van der Waals surface area (Å²) in [6.07, 6.45) is 0. The van der Waals surface area contributed by atoms with Crippen molar-refractivity contribution in [2.75, 3.05) is 0 Å². The molecule has 9 rings (SSSR count). The normalized spacial score (nSPS) is 12.7. The number of hydrogen-bond acceptors (Lipinski definition) is 11. The van der Waals surface area contributed by atoms with E-state index in [4.69, 9.17) is 13.9 Å². The summed E-state index contributed by atoms with van der Waals surface area (Å²) in [5, 5.41) is 44.4. The van der Waals surface area contributed by atoms with Crippen LogP contribution in [0.25, 0.3) is 33.4 Å². The number of carboxylic acid groups (broad SMARTS) is 1. The Balaban J connectivity index is 0.000000185. The minimum absolute atomic E-state index is 0. The SMILES string of the molecule is O=C([O-])c1ccccc1-c1c2cc(Br)c(=O)cc-2oc2[c]([Hg][OH])c([O-])c(Br)cc12.O=C1OC2(c3ccc(O)cc3Oc3cc(O)ccc32)c2ccccc21.[Na+].[Na+]. The van der Waals surface area contributed by atoms with E-state index in [1.165, 1.54) is 36.4 Å². The number of rotatable bonds is 3. The number of phenolic OH excluding ortho intramolecular Hbond substituents is 2. The van der Waals surface area contributed by atoms with Crippen molar-refractivity contribution in [1.82, 2.24) is 0 Å². The minimum Gasteiger partial charge on any atom is -0.508 e. The fourth-order valence-electron chi connectivity index (χ4n) is 7.01. The summed E-state index contributed by atoms with van der Waals surface area (Å²) in [6, 6.07) is 27.3. The van der Waals surface area contributed by atoms with Gasteiger partial charge in [0.25, 0.3) is 0 Å². The van der Waals surface area contributed by atoms with Crippen LogP contribution in [0.5, 0.6) is 28.7 Å². The van der Waals surface area contributed by atoms with Gasteiger partial charge in [-0.25, -0.2) is 4.79 Å². The third-order valence-electron chi connectivity index (χ3n) is 9.32. The molecular formula is C40H20Br2HgNa2O11. The Kier molecular flexibility index (Phi) is 12.5. The average molecular weight is 1080 g/mol. The van der Waals surface area contributed by atoms with Crippen LogP contribution in [0.1, 0.15) is 37.4 Å². The number of carbonyl (C=O) groups excluding carboxylic acids is 2. The van der Waals surface area contributed by atoms with Crippen molar-refractivity contribution < 1.29 is 131 Å². The number of ether oxygens (including phenoxy) is 2. The molecule has 11 nitrogen and oxygen atoms in total. The predicted molar refractivity (Wildman–Crippen MR) is 194 cm³/mol. The molecular weight excluding hydrogens is 1060 g/mol. The molecule has 1 spiro atoms.